The molecule has 13 heavy (non-hydrogen) atoms. The van der Waals surface area contributed by atoms with Crippen LogP contribution in [0.4, 0.5) is 11.4 Å². The quantitative estimate of drug-likeness (QED) is 0.312. The van der Waals surface area contributed by atoms with Crippen LogP contribution in [-0.2, 0) is 22.4 Å². The molecule has 0 heterocycles. The first-order chi connectivity index (χ1) is 5.54. The van der Waals surface area contributed by atoms with E-state index in [1.807, 2.05) is 12.1 Å². The molecule has 0 atom stereocenters. The van der Waals surface area contributed by atoms with E-state index in [0.717, 1.165) is 0 Å². The number of nitrogen functional groups attached to an aromatic ring is 2. The molecule has 0 aromatic heterocycles. The summed E-state index contributed by atoms with van der Waals surface area (Å²) in [5.41, 5.74) is 12.1. The third-order valence-corrected chi connectivity index (χ3v) is 0.996. The first kappa shape index (κ1) is 14.3. The zero-order chi connectivity index (χ0) is 9.56. The van der Waals surface area contributed by atoms with Gasteiger partial charge in [-0.3, -0.25) is 0 Å². The van der Waals surface area contributed by atoms with E-state index in [2.05, 4.69) is 0 Å². The van der Waals surface area contributed by atoms with Gasteiger partial charge in [0.15, 0.2) is 0 Å². The van der Waals surface area contributed by atoms with E-state index < -0.39 is 5.09 Å². The van der Waals surface area contributed by atoms with Crippen molar-refractivity contribution in [2.75, 3.05) is 11.5 Å². The zero-order valence-corrected chi connectivity index (χ0v) is 7.92. The van der Waals surface area contributed by atoms with Gasteiger partial charge in [-0.2, -0.15) is 0 Å². The monoisotopic (exact) mass is 277 g/mol. The number of para-hydroxylation sites is 2. The van der Waals surface area contributed by atoms with Crippen LogP contribution in [0.15, 0.2) is 24.3 Å². The molecule has 7 heteroatoms. The first-order valence-electron chi connectivity index (χ1n) is 2.95. The molecule has 6 nitrogen and oxygen atoms in total. The largest absolute Gasteiger partial charge is 1.00 e. The van der Waals surface area contributed by atoms with Crippen molar-refractivity contribution in [2.24, 2.45) is 0 Å². The van der Waals surface area contributed by atoms with Crippen molar-refractivity contribution >= 4 is 11.4 Å². The molecule has 0 aliphatic carbocycles. The predicted molar refractivity (Wildman–Crippen MR) is 45.6 cm³/mol. The van der Waals surface area contributed by atoms with Crippen molar-refractivity contribution in [3.63, 3.8) is 0 Å². The van der Waals surface area contributed by atoms with Gasteiger partial charge in [-0.05, 0) is 12.1 Å². The molecule has 0 bridgehead atoms. The molecule has 1 aromatic carbocycles. The van der Waals surface area contributed by atoms with Gasteiger partial charge in [0.25, 0.3) is 0 Å². The van der Waals surface area contributed by atoms with E-state index in [4.69, 9.17) is 26.8 Å². The summed E-state index contributed by atoms with van der Waals surface area (Å²) in [6.45, 7) is 0. The van der Waals surface area contributed by atoms with Crippen LogP contribution >= 0.6 is 0 Å². The van der Waals surface area contributed by atoms with Crippen molar-refractivity contribution in [1.82, 2.24) is 0 Å². The fraction of sp³-hybridized carbons (Fsp3) is 0. The zero-order valence-electron chi connectivity index (χ0n) is 6.44. The van der Waals surface area contributed by atoms with Crippen LogP contribution in [0.5, 0.6) is 0 Å². The average Bonchev–Trinajstić information content (AvgIpc) is 1.94. The van der Waals surface area contributed by atoms with Gasteiger partial charge in [0.2, 0.25) is 0 Å². The Morgan fingerprint density at radius 3 is 1.46 bits per heavy atom. The molecule has 0 radical (unpaired) electrons. The molecular formula is C6H8AgN3O3. The second-order valence-electron chi connectivity index (χ2n) is 1.85. The Balaban J connectivity index is 0. The Labute approximate surface area is 90.2 Å². The van der Waals surface area contributed by atoms with Crippen LogP contribution < -0.4 is 11.5 Å². The molecule has 0 aliphatic rings. The van der Waals surface area contributed by atoms with Crippen molar-refractivity contribution in [2.45, 2.75) is 0 Å². The normalized spacial score (nSPS) is 7.38. The summed E-state index contributed by atoms with van der Waals surface area (Å²) in [5, 5.41) is 14.8. The number of hydrogen-bond donors (Lipinski definition) is 2. The maximum Gasteiger partial charge on any atom is 1.00 e. The van der Waals surface area contributed by atoms with Gasteiger partial charge < -0.3 is 26.8 Å². The Kier molecular flexibility index (Phi) is 8.15. The number of nitrogens with two attached hydrogens (primary N) is 2. The number of nitrogens with zero attached hydrogens (tertiary/aromatic N) is 1. The molecule has 1 aromatic rings. The van der Waals surface area contributed by atoms with Gasteiger partial charge in [-0.1, -0.05) is 12.1 Å². The first-order valence-corrected chi connectivity index (χ1v) is 2.95. The number of benzene rings is 1. The third kappa shape index (κ3) is 8.67. The minimum absolute atomic E-state index is 0. The Hall–Kier alpha value is -1.24. The van der Waals surface area contributed by atoms with Crippen LogP contribution in [0, 0.1) is 15.3 Å². The number of hydrogen-bond acceptors (Lipinski definition) is 5. The second-order valence-corrected chi connectivity index (χ2v) is 1.85. The summed E-state index contributed by atoms with van der Waals surface area (Å²) in [5.74, 6) is 0. The Morgan fingerprint density at radius 1 is 1.08 bits per heavy atom. The maximum absolute atomic E-state index is 8.25. The van der Waals surface area contributed by atoms with Gasteiger partial charge in [-0.25, -0.2) is 0 Å². The van der Waals surface area contributed by atoms with Crippen molar-refractivity contribution in [3.8, 4) is 0 Å². The summed E-state index contributed by atoms with van der Waals surface area (Å²) in [6.07, 6.45) is 0. The third-order valence-electron chi connectivity index (χ3n) is 0.996. The van der Waals surface area contributed by atoms with E-state index in [9.17, 15) is 0 Å². The average molecular weight is 278 g/mol. The molecule has 76 valence electrons. The van der Waals surface area contributed by atoms with Crippen LogP contribution in [0.25, 0.3) is 0 Å². The number of anilines is 2. The topological polar surface area (TPSA) is 118 Å². The maximum atomic E-state index is 8.25. The minimum Gasteiger partial charge on any atom is -0.397 e. The molecular weight excluding hydrogens is 270 g/mol. The molecule has 0 spiro atoms. The summed E-state index contributed by atoms with van der Waals surface area (Å²) in [6, 6.07) is 7.25. The van der Waals surface area contributed by atoms with E-state index in [-0.39, 0.29) is 22.4 Å². The van der Waals surface area contributed by atoms with Gasteiger partial charge in [0, 0.05) is 0 Å². The molecule has 0 saturated heterocycles. The van der Waals surface area contributed by atoms with Gasteiger partial charge in [-0.15, -0.1) is 0 Å². The second kappa shape index (κ2) is 7.41. The van der Waals surface area contributed by atoms with Gasteiger partial charge >= 0.3 is 22.4 Å². The van der Waals surface area contributed by atoms with Crippen LogP contribution in [-0.4, -0.2) is 5.09 Å². The fourth-order valence-electron chi connectivity index (χ4n) is 0.511. The minimum atomic E-state index is -1.75. The van der Waals surface area contributed by atoms with Crippen LogP contribution in [0.3, 0.4) is 0 Å². The Morgan fingerprint density at radius 2 is 1.31 bits per heavy atom. The van der Waals surface area contributed by atoms with E-state index in [1.54, 1.807) is 12.1 Å². The number of rotatable bonds is 0. The molecule has 4 N–H and O–H groups in total. The molecule has 0 amide bonds. The fourth-order valence-corrected chi connectivity index (χ4v) is 0.511. The van der Waals surface area contributed by atoms with E-state index in [0.29, 0.717) is 11.4 Å². The van der Waals surface area contributed by atoms with Crippen molar-refractivity contribution in [3.05, 3.63) is 39.6 Å². The molecule has 0 aliphatic heterocycles. The molecule has 1 rings (SSSR count). The summed E-state index contributed by atoms with van der Waals surface area (Å²) in [4.78, 5) is 8.25. The summed E-state index contributed by atoms with van der Waals surface area (Å²) >= 11 is 0. The van der Waals surface area contributed by atoms with E-state index in [1.165, 1.54) is 0 Å². The van der Waals surface area contributed by atoms with Crippen LogP contribution in [0.2, 0.25) is 0 Å². The SMILES string of the molecule is Nc1ccccc1N.O=[N+]([O-])[O-].[Ag+]. The van der Waals surface area contributed by atoms with Gasteiger partial charge in [0.05, 0.1) is 16.5 Å². The molecule has 0 saturated carbocycles. The van der Waals surface area contributed by atoms with Crippen LogP contribution in [0.1, 0.15) is 0 Å². The smallest absolute Gasteiger partial charge is 0.397 e. The molecule has 0 fully saturated rings. The standard InChI is InChI=1S/C6H8N2.Ag.NO3/c7-5-3-1-2-4-6(5)8;;2-1(3)4/h1-4H,7-8H2;;/q;+1;-1. The Bertz CT molecular complexity index is 244. The molecule has 0 unspecified atom stereocenters. The summed E-state index contributed by atoms with van der Waals surface area (Å²) in [7, 11) is 0. The van der Waals surface area contributed by atoms with E-state index >= 15 is 0 Å². The predicted octanol–water partition coefficient (Wildman–Crippen LogP) is 0.609. The summed E-state index contributed by atoms with van der Waals surface area (Å²) < 4.78 is 0. The van der Waals surface area contributed by atoms with Crippen molar-refractivity contribution < 1.29 is 27.5 Å². The van der Waals surface area contributed by atoms with Crippen molar-refractivity contribution in [1.29, 1.82) is 0 Å². The van der Waals surface area contributed by atoms with Gasteiger partial charge in [0.1, 0.15) is 0 Å².